The Balaban J connectivity index is 1.23. The van der Waals surface area contributed by atoms with Gasteiger partial charge in [0.2, 0.25) is 0 Å². The molecule has 0 aliphatic carbocycles. The van der Waals surface area contributed by atoms with Crippen LogP contribution in [0.1, 0.15) is 71.3 Å². The lowest BCUT2D eigenvalue weighted by Crippen LogP contribution is -2.65. The van der Waals surface area contributed by atoms with Crippen molar-refractivity contribution in [3.05, 3.63) is 59.8 Å². The molecule has 2 aromatic rings. The lowest BCUT2D eigenvalue weighted by Gasteiger charge is -2.48. The number of thiocarbonyl (C=S) groups is 1. The Morgan fingerprint density at radius 1 is 0.949 bits per heavy atom. The average molecular weight is 920 g/mol. The van der Waals surface area contributed by atoms with Crippen molar-refractivity contribution in [3.63, 3.8) is 0 Å². The van der Waals surface area contributed by atoms with Crippen molar-refractivity contribution in [2.24, 2.45) is 11.3 Å². The van der Waals surface area contributed by atoms with E-state index in [1.807, 2.05) is 49.4 Å². The first kappa shape index (κ1) is 48.9. The van der Waals surface area contributed by atoms with Gasteiger partial charge in [-0.3, -0.25) is 4.79 Å². The molecule has 19 heteroatoms. The number of carbonyl (C=O) groups is 1. The van der Waals surface area contributed by atoms with E-state index in [9.17, 15) is 35.4 Å². The van der Waals surface area contributed by atoms with E-state index in [4.69, 9.17) is 40.6 Å². The summed E-state index contributed by atoms with van der Waals surface area (Å²) in [5.41, 5.74) is 1.25. The van der Waals surface area contributed by atoms with Crippen LogP contribution in [0.2, 0.25) is 0 Å². The van der Waals surface area contributed by atoms with Crippen molar-refractivity contribution in [1.82, 2.24) is 4.98 Å². The molecule has 0 radical (unpaired) electrons. The normalized spacial score (nSPS) is 31.2. The SMILES string of the molecule is CCSC(=S)SC(C)(C)C(CC(C)(C)C(C)C(=O)OCCSSc1ccccn1)c1ccc(C2OC[C@H]3O[C@H](O[C@H]4O[C@H](CO)[C@@H](O)[C@H](O)[C@H]4O)[C@H](O)[C@@H](O)[C@@H]3O2)cc1. The van der Waals surface area contributed by atoms with Crippen molar-refractivity contribution in [2.75, 3.05) is 31.3 Å². The molecule has 5 rings (SSSR count). The zero-order valence-electron chi connectivity index (χ0n) is 33.9. The minimum Gasteiger partial charge on any atom is -0.465 e. The minimum absolute atomic E-state index is 0.0435. The quantitative estimate of drug-likeness (QED) is 0.0562. The largest absolute Gasteiger partial charge is 0.465 e. The number of rotatable bonds is 17. The number of hydrogen-bond donors (Lipinski definition) is 6. The van der Waals surface area contributed by atoms with Gasteiger partial charge in [-0.05, 0) is 65.8 Å². The Labute approximate surface area is 367 Å². The standard InChI is InChI=1S/C40H57NO13S5/c1-7-56-38(55)58-40(5,6)24(18-39(3,4)21(2)34(48)49-16-17-57-59-27-10-8-9-15-41-27)22-11-13-23(14-12-22)35-50-20-26-33(53-35)30(45)32(47)37(52-26)54-36-31(46)29(44)28(43)25(19-42)51-36/h8-15,21,24-26,28-33,35-37,42-47H,7,16-20H2,1-6H3/t21?,24?,25-,26-,28-,29+,30-,31-,32-,33-,35?,36-,37-/m1/s1. The molecule has 14 nitrogen and oxygen atoms in total. The first-order valence-electron chi connectivity index (χ1n) is 19.5. The van der Waals surface area contributed by atoms with Gasteiger partial charge in [0.1, 0.15) is 64.0 Å². The smallest absolute Gasteiger partial charge is 0.309 e. The molecule has 330 valence electrons. The maximum atomic E-state index is 13.4. The Morgan fingerprint density at radius 2 is 1.64 bits per heavy atom. The summed E-state index contributed by atoms with van der Waals surface area (Å²) in [6.07, 6.45) is -12.9. The van der Waals surface area contributed by atoms with E-state index in [1.165, 1.54) is 0 Å². The summed E-state index contributed by atoms with van der Waals surface area (Å²) in [4.78, 5) is 17.7. The van der Waals surface area contributed by atoms with Crippen molar-refractivity contribution in [2.45, 2.75) is 131 Å². The van der Waals surface area contributed by atoms with Crippen molar-refractivity contribution in [1.29, 1.82) is 0 Å². The molecule has 13 atom stereocenters. The number of ether oxygens (including phenoxy) is 6. The summed E-state index contributed by atoms with van der Waals surface area (Å²) in [7, 11) is 3.14. The predicted molar refractivity (Wildman–Crippen MR) is 232 cm³/mol. The molecule has 1 aromatic carbocycles. The van der Waals surface area contributed by atoms with Crippen LogP contribution in [0.5, 0.6) is 0 Å². The topological polar surface area (TPSA) is 207 Å². The van der Waals surface area contributed by atoms with Crippen LogP contribution in [0.4, 0.5) is 0 Å². The van der Waals surface area contributed by atoms with Crippen LogP contribution in [0, 0.1) is 11.3 Å². The first-order valence-corrected chi connectivity index (χ1v) is 24.1. The number of aliphatic hydroxyl groups excluding tert-OH is 6. The fourth-order valence-corrected chi connectivity index (χ4v) is 12.0. The van der Waals surface area contributed by atoms with Gasteiger partial charge in [0, 0.05) is 22.3 Å². The van der Waals surface area contributed by atoms with Crippen LogP contribution in [0.3, 0.4) is 0 Å². The molecule has 3 saturated heterocycles. The summed E-state index contributed by atoms with van der Waals surface area (Å²) in [5.74, 6) is 0.809. The molecule has 0 bridgehead atoms. The monoisotopic (exact) mass is 919 g/mol. The molecule has 0 amide bonds. The van der Waals surface area contributed by atoms with Gasteiger partial charge in [0.05, 0.1) is 19.1 Å². The third kappa shape index (κ3) is 12.5. The number of pyridine rings is 1. The number of fused-ring (bicyclic) bond motifs is 1. The molecule has 3 aliphatic heterocycles. The number of benzene rings is 1. The summed E-state index contributed by atoms with van der Waals surface area (Å²) in [5, 5.41) is 63.2. The molecular formula is C40H57NO13S5. The highest BCUT2D eigenvalue weighted by Gasteiger charge is 2.52. The lowest BCUT2D eigenvalue weighted by molar-refractivity contribution is -0.399. The van der Waals surface area contributed by atoms with Crippen LogP contribution in [-0.4, -0.2) is 143 Å². The summed E-state index contributed by atoms with van der Waals surface area (Å²) in [6.45, 7) is 12.1. The van der Waals surface area contributed by atoms with Crippen LogP contribution in [-0.2, 0) is 33.2 Å². The molecule has 0 saturated carbocycles. The number of esters is 1. The zero-order valence-corrected chi connectivity index (χ0v) is 38.0. The third-order valence-corrected chi connectivity index (χ3v) is 15.9. The van der Waals surface area contributed by atoms with Gasteiger partial charge in [0.25, 0.3) is 0 Å². The molecular weight excluding hydrogens is 863 g/mol. The fraction of sp³-hybridized carbons (Fsp3) is 0.675. The van der Waals surface area contributed by atoms with Crippen molar-refractivity contribution >= 4 is 66.8 Å². The third-order valence-electron chi connectivity index (χ3n) is 11.0. The summed E-state index contributed by atoms with van der Waals surface area (Å²) in [6, 6.07) is 13.6. The number of hydrogen-bond acceptors (Lipinski definition) is 19. The van der Waals surface area contributed by atoms with E-state index < -0.39 is 85.6 Å². The Bertz CT molecular complexity index is 1640. The summed E-state index contributed by atoms with van der Waals surface area (Å²) >= 11 is 9.04. The summed E-state index contributed by atoms with van der Waals surface area (Å²) < 4.78 is 35.3. The second-order valence-corrected chi connectivity index (χ2v) is 22.4. The van der Waals surface area contributed by atoms with Gasteiger partial charge in [0.15, 0.2) is 18.9 Å². The number of aromatic nitrogens is 1. The van der Waals surface area contributed by atoms with Crippen molar-refractivity contribution < 1.29 is 63.9 Å². The highest BCUT2D eigenvalue weighted by molar-refractivity contribution is 8.76. The van der Waals surface area contributed by atoms with Crippen LogP contribution < -0.4 is 0 Å². The molecule has 3 fully saturated rings. The molecule has 0 spiro atoms. The Hall–Kier alpha value is -1.11. The second kappa shape index (κ2) is 22.0. The maximum absolute atomic E-state index is 13.4. The molecule has 3 aliphatic rings. The van der Waals surface area contributed by atoms with E-state index >= 15 is 0 Å². The van der Waals surface area contributed by atoms with E-state index in [0.29, 0.717) is 24.3 Å². The van der Waals surface area contributed by atoms with Crippen LogP contribution >= 0.6 is 57.3 Å². The maximum Gasteiger partial charge on any atom is 0.309 e. The number of aliphatic hydroxyl groups is 6. The molecule has 3 unspecified atom stereocenters. The fourth-order valence-electron chi connectivity index (χ4n) is 7.08. The van der Waals surface area contributed by atoms with Gasteiger partial charge < -0.3 is 59.1 Å². The van der Waals surface area contributed by atoms with E-state index in [2.05, 4.69) is 39.6 Å². The van der Waals surface area contributed by atoms with Gasteiger partial charge in [-0.1, -0.05) is 81.0 Å². The van der Waals surface area contributed by atoms with Crippen LogP contribution in [0.15, 0.2) is 53.7 Å². The second-order valence-electron chi connectivity index (χ2n) is 15.9. The lowest BCUT2D eigenvalue weighted by atomic mass is 9.69. The van der Waals surface area contributed by atoms with E-state index in [0.717, 1.165) is 19.9 Å². The first-order chi connectivity index (χ1) is 28.0. The number of thioether (sulfide) groups is 2. The van der Waals surface area contributed by atoms with E-state index in [-0.39, 0.29) is 23.2 Å². The zero-order chi connectivity index (χ0) is 43.1. The highest BCUT2D eigenvalue weighted by atomic mass is 33.1. The van der Waals surface area contributed by atoms with Gasteiger partial charge in [-0.15, -0.1) is 23.5 Å². The molecule has 1 aromatic heterocycles. The Morgan fingerprint density at radius 3 is 2.31 bits per heavy atom. The Kier molecular flexibility index (Phi) is 18.2. The molecule has 59 heavy (non-hydrogen) atoms. The predicted octanol–water partition coefficient (Wildman–Crippen LogP) is 4.43. The van der Waals surface area contributed by atoms with Gasteiger partial charge in [-0.2, -0.15) is 0 Å². The van der Waals surface area contributed by atoms with Gasteiger partial charge >= 0.3 is 5.97 Å². The van der Waals surface area contributed by atoms with Crippen molar-refractivity contribution in [3.8, 4) is 0 Å². The van der Waals surface area contributed by atoms with Gasteiger partial charge in [-0.25, -0.2) is 4.98 Å². The van der Waals surface area contributed by atoms with Crippen LogP contribution in [0.25, 0.3) is 0 Å². The highest BCUT2D eigenvalue weighted by Crippen LogP contribution is 2.49. The molecule has 4 heterocycles. The molecule has 6 N–H and O–H groups in total. The average Bonchev–Trinajstić information content (AvgIpc) is 3.21. The van der Waals surface area contributed by atoms with E-state index in [1.54, 1.807) is 51.3 Å². The number of nitrogens with zero attached hydrogens (tertiary/aromatic N) is 1. The minimum atomic E-state index is -1.73. The number of carbonyl (C=O) groups excluding carboxylic acids is 1.